The van der Waals surface area contributed by atoms with Gasteiger partial charge in [-0.25, -0.2) is 9.37 Å². The largest absolute Gasteiger partial charge is 0.390 e. The summed E-state index contributed by atoms with van der Waals surface area (Å²) in [4.78, 5) is 7.00. The van der Waals surface area contributed by atoms with E-state index in [1.165, 1.54) is 12.1 Å². The summed E-state index contributed by atoms with van der Waals surface area (Å²) in [6.45, 7) is -0.0995. The van der Waals surface area contributed by atoms with Crippen molar-refractivity contribution in [2.75, 3.05) is 0 Å². The number of H-pyrrole nitrogens is 1. The van der Waals surface area contributed by atoms with Crippen molar-refractivity contribution in [3.63, 3.8) is 0 Å². The average molecular weight is 192 g/mol. The fourth-order valence-corrected chi connectivity index (χ4v) is 1.20. The SMILES string of the molecule is OCc1c[nH]c(-c2ccc(F)cc2)n1. The molecule has 0 bridgehead atoms. The van der Waals surface area contributed by atoms with Crippen LogP contribution in [0, 0.1) is 5.82 Å². The van der Waals surface area contributed by atoms with Crippen LogP contribution in [-0.4, -0.2) is 15.1 Å². The Morgan fingerprint density at radius 2 is 2.00 bits per heavy atom. The number of rotatable bonds is 2. The molecular formula is C10H9FN2O. The summed E-state index contributed by atoms with van der Waals surface area (Å²) in [7, 11) is 0. The molecule has 0 unspecified atom stereocenters. The number of aromatic nitrogens is 2. The highest BCUT2D eigenvalue weighted by Crippen LogP contribution is 2.15. The molecule has 3 nitrogen and oxygen atoms in total. The molecule has 0 fully saturated rings. The molecule has 2 N–H and O–H groups in total. The Morgan fingerprint density at radius 3 is 2.57 bits per heavy atom. The molecule has 2 aromatic rings. The molecular weight excluding hydrogens is 183 g/mol. The van der Waals surface area contributed by atoms with Crippen LogP contribution in [0.1, 0.15) is 5.69 Å². The van der Waals surface area contributed by atoms with E-state index in [1.807, 2.05) is 0 Å². The van der Waals surface area contributed by atoms with E-state index in [0.29, 0.717) is 11.5 Å². The van der Waals surface area contributed by atoms with Crippen molar-refractivity contribution in [1.29, 1.82) is 0 Å². The standard InChI is InChI=1S/C10H9FN2O/c11-8-3-1-7(2-4-8)10-12-5-9(6-14)13-10/h1-5,14H,6H2,(H,12,13). The zero-order chi connectivity index (χ0) is 9.97. The minimum Gasteiger partial charge on any atom is -0.390 e. The Kier molecular flexibility index (Phi) is 2.28. The molecule has 14 heavy (non-hydrogen) atoms. The third kappa shape index (κ3) is 1.65. The number of hydrogen-bond donors (Lipinski definition) is 2. The first-order valence-corrected chi connectivity index (χ1v) is 4.20. The van der Waals surface area contributed by atoms with Gasteiger partial charge in [0, 0.05) is 11.8 Å². The zero-order valence-electron chi connectivity index (χ0n) is 7.37. The van der Waals surface area contributed by atoms with Gasteiger partial charge in [-0.15, -0.1) is 0 Å². The normalized spacial score (nSPS) is 10.4. The number of aliphatic hydroxyl groups is 1. The van der Waals surface area contributed by atoms with Gasteiger partial charge in [-0.3, -0.25) is 0 Å². The Balaban J connectivity index is 2.34. The highest BCUT2D eigenvalue weighted by molar-refractivity contribution is 5.54. The van der Waals surface area contributed by atoms with Gasteiger partial charge in [0.05, 0.1) is 12.3 Å². The lowest BCUT2D eigenvalue weighted by atomic mass is 10.2. The summed E-state index contributed by atoms with van der Waals surface area (Å²) in [5, 5.41) is 8.80. The predicted molar refractivity (Wildman–Crippen MR) is 49.9 cm³/mol. The highest BCUT2D eigenvalue weighted by atomic mass is 19.1. The summed E-state index contributed by atoms with van der Waals surface area (Å²) in [6, 6.07) is 6.01. The van der Waals surface area contributed by atoms with Gasteiger partial charge in [-0.05, 0) is 24.3 Å². The van der Waals surface area contributed by atoms with Gasteiger partial charge in [0.1, 0.15) is 11.6 Å². The average Bonchev–Trinajstić information content (AvgIpc) is 2.67. The van der Waals surface area contributed by atoms with Gasteiger partial charge < -0.3 is 10.1 Å². The molecule has 0 saturated carbocycles. The van der Waals surface area contributed by atoms with Crippen LogP contribution in [0.3, 0.4) is 0 Å². The maximum absolute atomic E-state index is 12.6. The summed E-state index contributed by atoms with van der Waals surface area (Å²) < 4.78 is 12.6. The minimum atomic E-state index is -0.275. The van der Waals surface area contributed by atoms with Crippen molar-refractivity contribution in [1.82, 2.24) is 9.97 Å². The van der Waals surface area contributed by atoms with Crippen LogP contribution in [-0.2, 0) is 6.61 Å². The van der Waals surface area contributed by atoms with E-state index < -0.39 is 0 Å². The molecule has 0 aliphatic rings. The van der Waals surface area contributed by atoms with Gasteiger partial charge in [0.15, 0.2) is 0 Å². The van der Waals surface area contributed by atoms with E-state index in [2.05, 4.69) is 9.97 Å². The van der Waals surface area contributed by atoms with Crippen LogP contribution in [0.2, 0.25) is 0 Å². The second-order valence-electron chi connectivity index (χ2n) is 2.91. The second kappa shape index (κ2) is 3.59. The quantitative estimate of drug-likeness (QED) is 0.760. The lowest BCUT2D eigenvalue weighted by Crippen LogP contribution is -1.83. The summed E-state index contributed by atoms with van der Waals surface area (Å²) >= 11 is 0. The number of benzene rings is 1. The maximum Gasteiger partial charge on any atom is 0.137 e. The summed E-state index contributed by atoms with van der Waals surface area (Å²) in [5.41, 5.74) is 1.37. The third-order valence-corrected chi connectivity index (χ3v) is 1.91. The van der Waals surface area contributed by atoms with Crippen molar-refractivity contribution >= 4 is 0 Å². The van der Waals surface area contributed by atoms with Crippen LogP contribution in [0.4, 0.5) is 4.39 Å². The molecule has 2 rings (SSSR count). The lowest BCUT2D eigenvalue weighted by molar-refractivity contribution is 0.277. The molecule has 0 aliphatic heterocycles. The second-order valence-corrected chi connectivity index (χ2v) is 2.91. The first-order chi connectivity index (χ1) is 6.79. The van der Waals surface area contributed by atoms with Crippen LogP contribution in [0.25, 0.3) is 11.4 Å². The van der Waals surface area contributed by atoms with Gasteiger partial charge in [-0.1, -0.05) is 0 Å². The fraction of sp³-hybridized carbons (Fsp3) is 0.100. The number of aromatic amines is 1. The summed E-state index contributed by atoms with van der Waals surface area (Å²) in [5.74, 6) is 0.358. The number of nitrogens with one attached hydrogen (secondary N) is 1. The smallest absolute Gasteiger partial charge is 0.137 e. The molecule has 1 aromatic carbocycles. The topological polar surface area (TPSA) is 48.9 Å². The molecule has 1 aromatic heterocycles. The first-order valence-electron chi connectivity index (χ1n) is 4.20. The van der Waals surface area contributed by atoms with E-state index in [4.69, 9.17) is 5.11 Å². The lowest BCUT2D eigenvalue weighted by Gasteiger charge is -1.95. The van der Waals surface area contributed by atoms with Crippen molar-refractivity contribution < 1.29 is 9.50 Å². The van der Waals surface area contributed by atoms with E-state index in [9.17, 15) is 4.39 Å². The highest BCUT2D eigenvalue weighted by Gasteiger charge is 2.02. The predicted octanol–water partition coefficient (Wildman–Crippen LogP) is 1.71. The number of halogens is 1. The van der Waals surface area contributed by atoms with Gasteiger partial charge in [0.25, 0.3) is 0 Å². The van der Waals surface area contributed by atoms with Crippen LogP contribution in [0.15, 0.2) is 30.5 Å². The zero-order valence-corrected chi connectivity index (χ0v) is 7.37. The number of hydrogen-bond acceptors (Lipinski definition) is 2. The molecule has 1 heterocycles. The molecule has 0 radical (unpaired) electrons. The van der Waals surface area contributed by atoms with Crippen LogP contribution in [0.5, 0.6) is 0 Å². The van der Waals surface area contributed by atoms with Crippen molar-refractivity contribution in [3.8, 4) is 11.4 Å². The monoisotopic (exact) mass is 192 g/mol. The van der Waals surface area contributed by atoms with E-state index in [-0.39, 0.29) is 12.4 Å². The van der Waals surface area contributed by atoms with Crippen molar-refractivity contribution in [2.45, 2.75) is 6.61 Å². The third-order valence-electron chi connectivity index (χ3n) is 1.91. The van der Waals surface area contributed by atoms with Crippen LogP contribution >= 0.6 is 0 Å². The number of nitrogens with zero attached hydrogens (tertiary/aromatic N) is 1. The molecule has 0 spiro atoms. The number of aliphatic hydroxyl groups excluding tert-OH is 1. The van der Waals surface area contributed by atoms with Crippen molar-refractivity contribution in [3.05, 3.63) is 42.0 Å². The van der Waals surface area contributed by atoms with Crippen molar-refractivity contribution in [2.24, 2.45) is 0 Å². The van der Waals surface area contributed by atoms with E-state index in [1.54, 1.807) is 18.3 Å². The van der Waals surface area contributed by atoms with Crippen LogP contribution < -0.4 is 0 Å². The van der Waals surface area contributed by atoms with Gasteiger partial charge in [0.2, 0.25) is 0 Å². The first kappa shape index (κ1) is 8.90. The van der Waals surface area contributed by atoms with E-state index >= 15 is 0 Å². The molecule has 0 aliphatic carbocycles. The minimum absolute atomic E-state index is 0.0995. The molecule has 0 saturated heterocycles. The number of imidazole rings is 1. The van der Waals surface area contributed by atoms with Gasteiger partial charge in [-0.2, -0.15) is 0 Å². The molecule has 0 amide bonds. The molecule has 0 atom stereocenters. The maximum atomic E-state index is 12.6. The Bertz CT molecular complexity index is 422. The molecule has 72 valence electrons. The summed E-state index contributed by atoms with van der Waals surface area (Å²) in [6.07, 6.45) is 1.62. The van der Waals surface area contributed by atoms with E-state index in [0.717, 1.165) is 5.56 Å². The van der Waals surface area contributed by atoms with Gasteiger partial charge >= 0.3 is 0 Å². The Hall–Kier alpha value is -1.68. The fourth-order valence-electron chi connectivity index (χ4n) is 1.20. The molecule has 4 heteroatoms. The Morgan fingerprint density at radius 1 is 1.29 bits per heavy atom. The Labute approximate surface area is 80.2 Å².